The van der Waals surface area contributed by atoms with Crippen molar-refractivity contribution in [2.24, 2.45) is 4.99 Å². The van der Waals surface area contributed by atoms with E-state index in [4.69, 9.17) is 4.99 Å². The third kappa shape index (κ3) is 5.41. The van der Waals surface area contributed by atoms with Gasteiger partial charge in [0.05, 0.1) is 11.4 Å². The Kier molecular flexibility index (Phi) is 6.74. The molecule has 3 rings (SSSR count). The van der Waals surface area contributed by atoms with Crippen molar-refractivity contribution in [2.45, 2.75) is 55.2 Å². The molecule has 1 aromatic carbocycles. The van der Waals surface area contributed by atoms with Crippen LogP contribution in [0.5, 0.6) is 0 Å². The summed E-state index contributed by atoms with van der Waals surface area (Å²) in [7, 11) is -3.15. The minimum atomic E-state index is -3.15. The number of thioether (sulfide) groups is 1. The largest absolute Gasteiger partial charge is 0.357 e. The molecule has 1 aliphatic heterocycles. The smallest absolute Gasteiger partial charge is 0.194 e. The number of aliphatic imine (C=N–C) groups is 1. The molecule has 2 aliphatic rings. The quantitative estimate of drug-likeness (QED) is 0.611. The molecule has 1 saturated heterocycles. The van der Waals surface area contributed by atoms with Crippen molar-refractivity contribution in [1.29, 1.82) is 0 Å². The van der Waals surface area contributed by atoms with Crippen LogP contribution in [0.4, 0.5) is 0 Å². The van der Waals surface area contributed by atoms with E-state index in [0.29, 0.717) is 16.2 Å². The molecule has 27 heavy (non-hydrogen) atoms. The second-order valence-corrected chi connectivity index (χ2v) is 11.2. The topological polar surface area (TPSA) is 61.8 Å². The summed E-state index contributed by atoms with van der Waals surface area (Å²) >= 11 is 2.16. The lowest BCUT2D eigenvalue weighted by Gasteiger charge is -2.45. The van der Waals surface area contributed by atoms with Gasteiger partial charge in [0.1, 0.15) is 0 Å². The van der Waals surface area contributed by atoms with Gasteiger partial charge in [0.15, 0.2) is 15.8 Å². The van der Waals surface area contributed by atoms with Gasteiger partial charge in [-0.2, -0.15) is 11.8 Å². The summed E-state index contributed by atoms with van der Waals surface area (Å²) in [6, 6.07) is 7.06. The van der Waals surface area contributed by atoms with Crippen molar-refractivity contribution in [2.75, 3.05) is 31.6 Å². The normalized spacial score (nSPS) is 20.7. The van der Waals surface area contributed by atoms with Gasteiger partial charge in [-0.1, -0.05) is 31.4 Å². The molecular formula is C20H31N3O2S2. The number of nitrogens with zero attached hydrogens (tertiary/aromatic N) is 2. The Morgan fingerprint density at radius 3 is 2.56 bits per heavy atom. The third-order valence-electron chi connectivity index (χ3n) is 5.41. The Bertz CT molecular complexity index is 748. The second-order valence-electron chi connectivity index (χ2n) is 7.60. The maximum Gasteiger partial charge on any atom is 0.194 e. The Balaban J connectivity index is 1.70. The molecule has 0 bridgehead atoms. The number of rotatable bonds is 4. The molecule has 5 nitrogen and oxygen atoms in total. The third-order valence-corrected chi connectivity index (χ3v) is 8.08. The predicted octanol–water partition coefficient (Wildman–Crippen LogP) is 3.31. The molecule has 1 aromatic rings. The van der Waals surface area contributed by atoms with Crippen molar-refractivity contribution in [3.63, 3.8) is 0 Å². The maximum absolute atomic E-state index is 11.6. The first kappa shape index (κ1) is 20.5. The number of hydrogen-bond donors (Lipinski definition) is 1. The van der Waals surface area contributed by atoms with E-state index in [1.807, 2.05) is 12.1 Å². The molecule has 0 amide bonds. The summed E-state index contributed by atoms with van der Waals surface area (Å²) in [5.74, 6) is 2.14. The van der Waals surface area contributed by atoms with Crippen LogP contribution in [0.2, 0.25) is 0 Å². The van der Waals surface area contributed by atoms with Gasteiger partial charge in [0, 0.05) is 36.4 Å². The molecule has 0 unspecified atom stereocenters. The molecule has 1 aliphatic carbocycles. The van der Waals surface area contributed by atoms with Crippen LogP contribution in [0.1, 0.15) is 44.6 Å². The SMILES string of the molecule is CCNC(=NCc1ccc(S(C)(=O)=O)cc1)N1CCSC2(CCCCC2)C1. The van der Waals surface area contributed by atoms with Gasteiger partial charge in [-0.25, -0.2) is 13.4 Å². The molecule has 150 valence electrons. The highest BCUT2D eigenvalue weighted by molar-refractivity contribution is 8.00. The Hall–Kier alpha value is -1.21. The average molecular weight is 410 g/mol. The van der Waals surface area contributed by atoms with E-state index < -0.39 is 9.84 Å². The lowest BCUT2D eigenvalue weighted by molar-refractivity contribution is 0.293. The zero-order valence-electron chi connectivity index (χ0n) is 16.4. The van der Waals surface area contributed by atoms with Crippen LogP contribution in [0.25, 0.3) is 0 Å². The van der Waals surface area contributed by atoms with Gasteiger partial charge in [0.25, 0.3) is 0 Å². The van der Waals surface area contributed by atoms with E-state index in [-0.39, 0.29) is 0 Å². The predicted molar refractivity (Wildman–Crippen MR) is 114 cm³/mol. The molecule has 1 saturated carbocycles. The molecular weight excluding hydrogens is 378 g/mol. The van der Waals surface area contributed by atoms with Crippen LogP contribution in [0.3, 0.4) is 0 Å². The number of sulfone groups is 1. The summed E-state index contributed by atoms with van der Waals surface area (Å²) in [6.45, 7) is 5.62. The molecule has 1 spiro atoms. The van der Waals surface area contributed by atoms with E-state index >= 15 is 0 Å². The monoisotopic (exact) mass is 409 g/mol. The van der Waals surface area contributed by atoms with E-state index in [9.17, 15) is 8.42 Å². The van der Waals surface area contributed by atoms with Gasteiger partial charge < -0.3 is 10.2 Å². The number of guanidine groups is 1. The van der Waals surface area contributed by atoms with Crippen molar-refractivity contribution in [1.82, 2.24) is 10.2 Å². The zero-order chi connectivity index (χ0) is 19.3. The molecule has 7 heteroatoms. The van der Waals surface area contributed by atoms with Gasteiger partial charge in [-0.3, -0.25) is 0 Å². The highest BCUT2D eigenvalue weighted by Gasteiger charge is 2.38. The summed E-state index contributed by atoms with van der Waals surface area (Å²) in [4.78, 5) is 7.63. The summed E-state index contributed by atoms with van der Waals surface area (Å²) in [5, 5.41) is 3.45. The summed E-state index contributed by atoms with van der Waals surface area (Å²) in [5.41, 5.74) is 1.02. The minimum absolute atomic E-state index is 0.356. The van der Waals surface area contributed by atoms with E-state index in [1.54, 1.807) is 12.1 Å². The zero-order valence-corrected chi connectivity index (χ0v) is 18.0. The first-order chi connectivity index (χ1) is 12.9. The lowest BCUT2D eigenvalue weighted by atomic mass is 9.87. The summed E-state index contributed by atoms with van der Waals surface area (Å²) < 4.78 is 23.6. The number of benzene rings is 1. The first-order valence-corrected chi connectivity index (χ1v) is 12.8. The van der Waals surface area contributed by atoms with Crippen LogP contribution in [0, 0.1) is 0 Å². The van der Waals surface area contributed by atoms with Gasteiger partial charge in [0.2, 0.25) is 0 Å². The minimum Gasteiger partial charge on any atom is -0.357 e. The highest BCUT2D eigenvalue weighted by atomic mass is 32.2. The molecule has 1 heterocycles. The standard InChI is InChI=1S/C20H31N3O2S2/c1-3-21-19(22-15-17-7-9-18(10-8-17)27(2,24)25)23-13-14-26-20(16-23)11-5-4-6-12-20/h7-10H,3-6,11-16H2,1-2H3,(H,21,22). The molecule has 0 atom stereocenters. The van der Waals surface area contributed by atoms with Crippen molar-refractivity contribution in [3.8, 4) is 0 Å². The summed E-state index contributed by atoms with van der Waals surface area (Å²) in [6.07, 6.45) is 7.95. The van der Waals surface area contributed by atoms with Crippen LogP contribution in [-0.4, -0.2) is 55.7 Å². The lowest BCUT2D eigenvalue weighted by Crippen LogP contribution is -2.53. The van der Waals surface area contributed by atoms with Crippen LogP contribution < -0.4 is 5.32 Å². The van der Waals surface area contributed by atoms with Gasteiger partial charge in [-0.15, -0.1) is 0 Å². The van der Waals surface area contributed by atoms with E-state index in [1.165, 1.54) is 38.4 Å². The molecule has 1 N–H and O–H groups in total. The van der Waals surface area contributed by atoms with Crippen LogP contribution >= 0.6 is 11.8 Å². The highest BCUT2D eigenvalue weighted by Crippen LogP contribution is 2.42. The Labute approximate surface area is 167 Å². The van der Waals surface area contributed by atoms with Crippen LogP contribution in [0.15, 0.2) is 34.2 Å². The first-order valence-electron chi connectivity index (χ1n) is 9.88. The Morgan fingerprint density at radius 2 is 1.93 bits per heavy atom. The number of hydrogen-bond acceptors (Lipinski definition) is 4. The molecule has 2 fully saturated rings. The maximum atomic E-state index is 11.6. The van der Waals surface area contributed by atoms with Crippen LogP contribution in [-0.2, 0) is 16.4 Å². The van der Waals surface area contributed by atoms with Crippen molar-refractivity contribution in [3.05, 3.63) is 29.8 Å². The fourth-order valence-electron chi connectivity index (χ4n) is 3.96. The fourth-order valence-corrected chi connectivity index (χ4v) is 6.16. The van der Waals surface area contributed by atoms with Crippen molar-refractivity contribution < 1.29 is 8.42 Å². The van der Waals surface area contributed by atoms with E-state index in [2.05, 4.69) is 28.9 Å². The molecule has 0 aromatic heterocycles. The van der Waals surface area contributed by atoms with Crippen molar-refractivity contribution >= 4 is 27.6 Å². The van der Waals surface area contributed by atoms with E-state index in [0.717, 1.165) is 36.9 Å². The fraction of sp³-hybridized carbons (Fsp3) is 0.650. The average Bonchev–Trinajstić information content (AvgIpc) is 2.65. The van der Waals surface area contributed by atoms with Gasteiger partial charge in [-0.05, 0) is 37.5 Å². The molecule has 0 radical (unpaired) electrons. The Morgan fingerprint density at radius 1 is 1.22 bits per heavy atom. The number of nitrogens with one attached hydrogen (secondary N) is 1. The second kappa shape index (κ2) is 8.86. The van der Waals surface area contributed by atoms with Gasteiger partial charge >= 0.3 is 0 Å².